The van der Waals surface area contributed by atoms with Crippen molar-refractivity contribution in [3.05, 3.63) is 59.2 Å². The van der Waals surface area contributed by atoms with Gasteiger partial charge in [0, 0.05) is 24.4 Å². The molecule has 34 heavy (non-hydrogen) atoms. The zero-order chi connectivity index (χ0) is 23.5. The summed E-state index contributed by atoms with van der Waals surface area (Å²) in [5.41, 5.74) is 3.48. The molecule has 9 heteroatoms. The van der Waals surface area contributed by atoms with Gasteiger partial charge in [-0.15, -0.1) is 0 Å². The van der Waals surface area contributed by atoms with E-state index in [4.69, 9.17) is 14.7 Å². The first-order valence-corrected chi connectivity index (χ1v) is 11.5. The van der Waals surface area contributed by atoms with Crippen LogP contribution in [0.3, 0.4) is 0 Å². The lowest BCUT2D eigenvalue weighted by atomic mass is 10.1. The highest BCUT2D eigenvalue weighted by molar-refractivity contribution is 5.95. The molecule has 3 aromatic rings. The average molecular weight is 460 g/mol. The van der Waals surface area contributed by atoms with E-state index in [1.807, 2.05) is 28.8 Å². The van der Waals surface area contributed by atoms with Crippen molar-refractivity contribution in [2.45, 2.75) is 38.3 Å². The number of amides is 2. The smallest absolute Gasteiger partial charge is 0.414 e. The van der Waals surface area contributed by atoms with Crippen LogP contribution in [0.2, 0.25) is 0 Å². The first-order valence-electron chi connectivity index (χ1n) is 11.5. The van der Waals surface area contributed by atoms with E-state index >= 15 is 0 Å². The Kier molecular flexibility index (Phi) is 6.14. The number of aromatic amines is 1. The average Bonchev–Trinajstić information content (AvgIpc) is 3.20. The molecule has 5 rings (SSSR count). The minimum absolute atomic E-state index is 0.0282. The summed E-state index contributed by atoms with van der Waals surface area (Å²) in [5.74, 6) is -0.443. The third-order valence-electron chi connectivity index (χ3n) is 6.16. The number of hydrogen-bond acceptors (Lipinski definition) is 5. The van der Waals surface area contributed by atoms with E-state index in [0.29, 0.717) is 36.4 Å². The van der Waals surface area contributed by atoms with Crippen molar-refractivity contribution < 1.29 is 19.1 Å². The molecule has 0 radical (unpaired) electrons. The summed E-state index contributed by atoms with van der Waals surface area (Å²) in [6.45, 7) is 2.29. The Morgan fingerprint density at radius 2 is 2.09 bits per heavy atom. The van der Waals surface area contributed by atoms with Gasteiger partial charge in [0.05, 0.1) is 41.9 Å². The Labute approximate surface area is 196 Å². The van der Waals surface area contributed by atoms with E-state index in [1.165, 1.54) is 6.07 Å². The second-order valence-corrected chi connectivity index (χ2v) is 8.48. The fraction of sp³-hybridized carbons (Fsp3) is 0.360. The highest BCUT2D eigenvalue weighted by Crippen LogP contribution is 2.24. The maximum Gasteiger partial charge on any atom is 0.414 e. The summed E-state index contributed by atoms with van der Waals surface area (Å²) in [7, 11) is 0. The summed E-state index contributed by atoms with van der Waals surface area (Å²) in [5, 5.41) is 9.15. The van der Waals surface area contributed by atoms with Crippen molar-refractivity contribution >= 4 is 28.7 Å². The molecule has 0 aliphatic carbocycles. The Balaban J connectivity index is 1.57. The highest BCUT2D eigenvalue weighted by Gasteiger charge is 2.23. The van der Waals surface area contributed by atoms with Crippen LogP contribution < -0.4 is 10.5 Å². The van der Waals surface area contributed by atoms with Gasteiger partial charge in [0.1, 0.15) is 0 Å². The molecule has 1 unspecified atom stereocenters. The number of imidazole rings is 1. The number of H-pyrrole nitrogens is 1. The number of nitrogens with one attached hydrogen (secondary N) is 1. The Bertz CT molecular complexity index is 1340. The van der Waals surface area contributed by atoms with E-state index in [-0.39, 0.29) is 12.2 Å². The monoisotopic (exact) mass is 459 g/mol. The third kappa shape index (κ3) is 4.45. The summed E-state index contributed by atoms with van der Waals surface area (Å²) < 4.78 is 13.1. The van der Waals surface area contributed by atoms with Gasteiger partial charge in [-0.05, 0) is 62.1 Å². The lowest BCUT2D eigenvalue weighted by Crippen LogP contribution is -2.37. The predicted octanol–water partition coefficient (Wildman–Crippen LogP) is 3.50. The van der Waals surface area contributed by atoms with Gasteiger partial charge in [-0.2, -0.15) is 10.3 Å². The van der Waals surface area contributed by atoms with Crippen molar-refractivity contribution in [1.82, 2.24) is 9.55 Å². The van der Waals surface area contributed by atoms with Crippen LogP contribution in [0.25, 0.3) is 11.0 Å². The molecule has 0 saturated carbocycles. The second kappa shape index (κ2) is 9.53. The highest BCUT2D eigenvalue weighted by atomic mass is 16.6. The van der Waals surface area contributed by atoms with Crippen molar-refractivity contribution in [3.8, 4) is 6.07 Å². The van der Waals surface area contributed by atoms with Crippen LogP contribution >= 0.6 is 0 Å². The lowest BCUT2D eigenvalue weighted by Gasteiger charge is -2.26. The molecule has 3 heterocycles. The van der Waals surface area contributed by atoms with Gasteiger partial charge in [-0.1, -0.05) is 6.07 Å². The number of anilines is 1. The van der Waals surface area contributed by atoms with Gasteiger partial charge in [0.15, 0.2) is 0 Å². The van der Waals surface area contributed by atoms with Crippen LogP contribution in [0, 0.1) is 11.3 Å². The normalized spacial score (nSPS) is 19.1. The molecule has 174 valence electrons. The molecule has 0 spiro atoms. The molecule has 2 saturated heterocycles. The first kappa shape index (κ1) is 21.9. The Morgan fingerprint density at radius 3 is 2.88 bits per heavy atom. The molecular formula is C25H25N5O4. The zero-order valence-electron chi connectivity index (χ0n) is 18.7. The van der Waals surface area contributed by atoms with E-state index in [2.05, 4.69) is 9.98 Å². The van der Waals surface area contributed by atoms with Gasteiger partial charge in [-0.25, -0.2) is 4.79 Å². The van der Waals surface area contributed by atoms with Gasteiger partial charge in [0.25, 0.3) is 5.91 Å². The Hall–Kier alpha value is -3.90. The fourth-order valence-corrected chi connectivity index (χ4v) is 4.43. The molecule has 9 nitrogen and oxygen atoms in total. The molecule has 0 bridgehead atoms. The van der Waals surface area contributed by atoms with Gasteiger partial charge < -0.3 is 19.0 Å². The minimum atomic E-state index is -0.443. The molecular weight excluding hydrogens is 434 g/mol. The molecule has 1 aromatic heterocycles. The predicted molar refractivity (Wildman–Crippen MR) is 124 cm³/mol. The van der Waals surface area contributed by atoms with Crippen LogP contribution in [0.5, 0.6) is 0 Å². The minimum Gasteiger partial charge on any atom is -0.449 e. The number of fused-ring (bicyclic) bond motifs is 1. The number of carbonyl (C=O) groups excluding carboxylic acids is 2. The van der Waals surface area contributed by atoms with Crippen LogP contribution in [0.1, 0.15) is 41.6 Å². The van der Waals surface area contributed by atoms with Gasteiger partial charge in [0.2, 0.25) is 5.62 Å². The van der Waals surface area contributed by atoms with Crippen molar-refractivity contribution in [1.29, 1.82) is 5.26 Å². The van der Waals surface area contributed by atoms with E-state index < -0.39 is 5.91 Å². The lowest BCUT2D eigenvalue weighted by molar-refractivity contribution is 0.00598. The van der Waals surface area contributed by atoms with Gasteiger partial charge >= 0.3 is 6.09 Å². The van der Waals surface area contributed by atoms with Gasteiger partial charge in [-0.3, -0.25) is 9.69 Å². The Morgan fingerprint density at radius 1 is 1.18 bits per heavy atom. The first-order chi connectivity index (χ1) is 16.6. The van der Waals surface area contributed by atoms with E-state index in [1.54, 1.807) is 23.1 Å². The number of ether oxygens (including phenoxy) is 2. The van der Waals surface area contributed by atoms with E-state index in [0.717, 1.165) is 49.0 Å². The van der Waals surface area contributed by atoms with Crippen LogP contribution in [-0.2, 0) is 16.0 Å². The summed E-state index contributed by atoms with van der Waals surface area (Å²) in [6, 6.07) is 14.2. The number of hydrogen-bond donors (Lipinski definition) is 1. The number of nitriles is 1. The number of nitrogens with zero attached hydrogens (tertiary/aromatic N) is 4. The maximum absolute atomic E-state index is 13.0. The zero-order valence-corrected chi connectivity index (χ0v) is 18.7. The third-order valence-corrected chi connectivity index (χ3v) is 6.16. The molecule has 2 aliphatic heterocycles. The summed E-state index contributed by atoms with van der Waals surface area (Å²) in [4.78, 5) is 34.4. The van der Waals surface area contributed by atoms with Crippen LogP contribution in [0.15, 0.2) is 47.5 Å². The largest absolute Gasteiger partial charge is 0.449 e. The molecule has 2 aliphatic rings. The molecule has 1 atom stereocenters. The quantitative estimate of drug-likeness (QED) is 0.642. The molecule has 2 amide bonds. The number of aromatic nitrogens is 2. The van der Waals surface area contributed by atoms with Crippen LogP contribution in [-0.4, -0.2) is 47.4 Å². The topological polar surface area (TPSA) is 113 Å². The number of rotatable bonds is 4. The number of carbonyl (C=O) groups is 2. The second-order valence-electron chi connectivity index (χ2n) is 8.48. The molecule has 2 aromatic carbocycles. The van der Waals surface area contributed by atoms with Crippen molar-refractivity contribution in [3.63, 3.8) is 0 Å². The van der Waals surface area contributed by atoms with E-state index in [9.17, 15) is 9.59 Å². The summed E-state index contributed by atoms with van der Waals surface area (Å²) in [6.07, 6.45) is 3.52. The fourth-order valence-electron chi connectivity index (χ4n) is 4.43. The SMILES string of the molecule is N#Cc1cccc(C(=O)/N=c2\[nH]c3cc(N4CCCOC4=O)ccc3n2CC2CCCCO2)c1. The molecule has 2 fully saturated rings. The van der Waals surface area contributed by atoms with Crippen LogP contribution in [0.4, 0.5) is 10.5 Å². The van der Waals surface area contributed by atoms with Crippen molar-refractivity contribution in [2.75, 3.05) is 24.7 Å². The van der Waals surface area contributed by atoms with Crippen molar-refractivity contribution in [2.24, 2.45) is 4.99 Å². The number of benzene rings is 2. The maximum atomic E-state index is 13.0. The summed E-state index contributed by atoms with van der Waals surface area (Å²) >= 11 is 0. The standard InChI is InChI=1S/C25H25N5O4/c26-15-17-5-3-6-18(13-17)23(31)28-24-27-21-14-19(29-10-4-12-34-25(29)32)8-9-22(21)30(24)16-20-7-1-2-11-33-20/h3,5-6,8-9,13-14,20H,1-2,4,7,10-12,16H2,(H,27,28,31). The number of cyclic esters (lactones) is 1. The molecule has 1 N–H and O–H groups in total.